The molecule has 0 saturated heterocycles. The molecule has 0 aliphatic heterocycles. The van der Waals surface area contributed by atoms with Gasteiger partial charge in [-0.15, -0.1) is 0 Å². The third-order valence-corrected chi connectivity index (χ3v) is 3.04. The fraction of sp³-hybridized carbons (Fsp3) is 0.429. The number of hydrogen-bond donors (Lipinski definition) is 1. The van der Waals surface area contributed by atoms with Crippen molar-refractivity contribution in [2.75, 3.05) is 0 Å². The van der Waals surface area contributed by atoms with Crippen LogP contribution in [0.1, 0.15) is 32.2 Å². The van der Waals surface area contributed by atoms with Crippen LogP contribution in [0.3, 0.4) is 0 Å². The van der Waals surface area contributed by atoms with E-state index >= 15 is 0 Å². The van der Waals surface area contributed by atoms with Crippen molar-refractivity contribution in [2.24, 2.45) is 0 Å². The van der Waals surface area contributed by atoms with E-state index in [-0.39, 0.29) is 11.4 Å². The molecule has 2 aromatic rings. The molecule has 0 amide bonds. The highest BCUT2D eigenvalue weighted by molar-refractivity contribution is 6.30. The fourth-order valence-corrected chi connectivity index (χ4v) is 1.87. The number of rotatable bonds is 4. The number of halogens is 2. The second-order valence-corrected chi connectivity index (χ2v) is 6.11. The van der Waals surface area contributed by atoms with Gasteiger partial charge in [-0.05, 0) is 32.9 Å². The summed E-state index contributed by atoms with van der Waals surface area (Å²) in [6.45, 7) is 7.15. The Morgan fingerprint density at radius 2 is 2.10 bits per heavy atom. The lowest BCUT2D eigenvalue weighted by atomic mass is 10.1. The van der Waals surface area contributed by atoms with Gasteiger partial charge in [-0.3, -0.25) is 0 Å². The molecule has 20 heavy (non-hydrogen) atoms. The zero-order valence-electron chi connectivity index (χ0n) is 11.8. The number of nitrogens with one attached hydrogen (secondary N) is 1. The van der Waals surface area contributed by atoms with Gasteiger partial charge in [0.1, 0.15) is 18.0 Å². The highest BCUT2D eigenvalue weighted by Gasteiger charge is 2.13. The monoisotopic (exact) mass is 296 g/mol. The van der Waals surface area contributed by atoms with Crippen LogP contribution >= 0.6 is 11.6 Å². The second kappa shape index (κ2) is 5.89. The van der Waals surface area contributed by atoms with Crippen molar-refractivity contribution in [1.29, 1.82) is 0 Å². The van der Waals surface area contributed by atoms with Crippen LogP contribution in [0.15, 0.2) is 24.5 Å². The molecule has 0 aliphatic rings. The molecular formula is C14H18ClFN4. The van der Waals surface area contributed by atoms with Crippen LogP contribution in [0.2, 0.25) is 5.02 Å². The van der Waals surface area contributed by atoms with Crippen LogP contribution in [0.5, 0.6) is 0 Å². The van der Waals surface area contributed by atoms with Crippen LogP contribution in [-0.4, -0.2) is 20.3 Å². The molecule has 108 valence electrons. The van der Waals surface area contributed by atoms with E-state index in [4.69, 9.17) is 11.6 Å². The van der Waals surface area contributed by atoms with Crippen LogP contribution in [0, 0.1) is 5.82 Å². The minimum atomic E-state index is -0.331. The van der Waals surface area contributed by atoms with E-state index < -0.39 is 0 Å². The van der Waals surface area contributed by atoms with E-state index in [0.29, 0.717) is 23.7 Å². The van der Waals surface area contributed by atoms with Crippen molar-refractivity contribution in [3.63, 3.8) is 0 Å². The molecule has 0 saturated carbocycles. The van der Waals surface area contributed by atoms with Crippen molar-refractivity contribution in [3.8, 4) is 0 Å². The van der Waals surface area contributed by atoms with Gasteiger partial charge >= 0.3 is 0 Å². The summed E-state index contributed by atoms with van der Waals surface area (Å²) in [5.41, 5.74) is 0.527. The van der Waals surface area contributed by atoms with Crippen LogP contribution in [0.4, 0.5) is 4.39 Å². The summed E-state index contributed by atoms with van der Waals surface area (Å²) < 4.78 is 15.5. The van der Waals surface area contributed by atoms with E-state index in [1.807, 2.05) is 0 Å². The maximum atomic E-state index is 13.8. The summed E-state index contributed by atoms with van der Waals surface area (Å²) in [6.07, 6.45) is 1.48. The van der Waals surface area contributed by atoms with E-state index in [1.54, 1.807) is 16.8 Å². The van der Waals surface area contributed by atoms with Crippen molar-refractivity contribution < 1.29 is 4.39 Å². The minimum Gasteiger partial charge on any atom is -0.305 e. The van der Waals surface area contributed by atoms with Crippen molar-refractivity contribution in [3.05, 3.63) is 46.8 Å². The Morgan fingerprint density at radius 3 is 2.75 bits per heavy atom. The van der Waals surface area contributed by atoms with Gasteiger partial charge in [-0.2, -0.15) is 5.10 Å². The summed E-state index contributed by atoms with van der Waals surface area (Å²) in [4.78, 5) is 4.20. The van der Waals surface area contributed by atoms with Gasteiger partial charge in [0.2, 0.25) is 0 Å². The Hall–Kier alpha value is -1.46. The molecule has 0 fully saturated rings. The zero-order valence-corrected chi connectivity index (χ0v) is 12.6. The molecule has 1 aromatic carbocycles. The molecule has 0 unspecified atom stereocenters. The van der Waals surface area contributed by atoms with Gasteiger partial charge in [-0.1, -0.05) is 17.7 Å². The zero-order chi connectivity index (χ0) is 14.8. The van der Waals surface area contributed by atoms with Crippen molar-refractivity contribution in [2.45, 2.75) is 39.4 Å². The Bertz CT molecular complexity index is 589. The van der Waals surface area contributed by atoms with Gasteiger partial charge in [0.15, 0.2) is 0 Å². The highest BCUT2D eigenvalue weighted by atomic mass is 35.5. The van der Waals surface area contributed by atoms with Crippen molar-refractivity contribution >= 4 is 11.6 Å². The van der Waals surface area contributed by atoms with Crippen LogP contribution < -0.4 is 5.32 Å². The minimum absolute atomic E-state index is 0.0116. The number of benzene rings is 1. The predicted octanol–water partition coefficient (Wildman–Crippen LogP) is 3.01. The molecule has 2 rings (SSSR count). The molecule has 0 bridgehead atoms. The molecule has 1 aromatic heterocycles. The third kappa shape index (κ3) is 4.02. The first-order chi connectivity index (χ1) is 9.35. The van der Waals surface area contributed by atoms with Gasteiger partial charge in [0.05, 0.1) is 13.1 Å². The molecule has 1 heterocycles. The lowest BCUT2D eigenvalue weighted by molar-refractivity contribution is 0.409. The first kappa shape index (κ1) is 14.9. The molecule has 0 aliphatic carbocycles. The standard InChI is InChI=1S/C14H18ClFN4/c1-14(2,3)18-7-13-17-9-19-20(13)8-10-4-5-11(15)6-12(10)16/h4-6,9,18H,7-8H2,1-3H3. The first-order valence-corrected chi connectivity index (χ1v) is 6.78. The number of hydrogen-bond acceptors (Lipinski definition) is 3. The smallest absolute Gasteiger partial charge is 0.141 e. The summed E-state index contributed by atoms with van der Waals surface area (Å²) in [5.74, 6) is 0.442. The molecule has 6 heteroatoms. The number of aromatic nitrogens is 3. The van der Waals surface area contributed by atoms with E-state index in [0.717, 1.165) is 5.82 Å². The Labute approximate surface area is 123 Å². The van der Waals surface area contributed by atoms with E-state index in [2.05, 4.69) is 36.2 Å². The van der Waals surface area contributed by atoms with Crippen molar-refractivity contribution in [1.82, 2.24) is 20.1 Å². The second-order valence-electron chi connectivity index (χ2n) is 5.67. The van der Waals surface area contributed by atoms with E-state index in [1.165, 1.54) is 12.4 Å². The molecular weight excluding hydrogens is 279 g/mol. The summed E-state index contributed by atoms with van der Waals surface area (Å²) in [5, 5.41) is 7.87. The van der Waals surface area contributed by atoms with E-state index in [9.17, 15) is 4.39 Å². The lowest BCUT2D eigenvalue weighted by Gasteiger charge is -2.20. The third-order valence-electron chi connectivity index (χ3n) is 2.81. The normalized spacial score (nSPS) is 11.8. The summed E-state index contributed by atoms with van der Waals surface area (Å²) in [6, 6.07) is 4.64. The Balaban J connectivity index is 2.12. The topological polar surface area (TPSA) is 42.7 Å². The molecule has 4 nitrogen and oxygen atoms in total. The van der Waals surface area contributed by atoms with Gasteiger partial charge in [0.25, 0.3) is 0 Å². The molecule has 0 spiro atoms. The number of nitrogens with zero attached hydrogens (tertiary/aromatic N) is 3. The maximum absolute atomic E-state index is 13.8. The van der Waals surface area contributed by atoms with Gasteiger partial charge in [-0.25, -0.2) is 14.1 Å². The molecule has 0 radical (unpaired) electrons. The Kier molecular flexibility index (Phi) is 4.40. The Morgan fingerprint density at radius 1 is 1.35 bits per heavy atom. The van der Waals surface area contributed by atoms with Crippen LogP contribution in [0.25, 0.3) is 0 Å². The molecule has 1 N–H and O–H groups in total. The first-order valence-electron chi connectivity index (χ1n) is 6.41. The van der Waals surface area contributed by atoms with Crippen LogP contribution in [-0.2, 0) is 13.1 Å². The average Bonchev–Trinajstić information content (AvgIpc) is 2.77. The summed E-state index contributed by atoms with van der Waals surface area (Å²) >= 11 is 5.75. The summed E-state index contributed by atoms with van der Waals surface area (Å²) in [7, 11) is 0. The maximum Gasteiger partial charge on any atom is 0.141 e. The highest BCUT2D eigenvalue weighted by Crippen LogP contribution is 2.16. The SMILES string of the molecule is CC(C)(C)NCc1ncnn1Cc1ccc(Cl)cc1F. The lowest BCUT2D eigenvalue weighted by Crippen LogP contribution is -2.36. The van der Waals surface area contributed by atoms with Gasteiger partial charge in [0, 0.05) is 16.1 Å². The average molecular weight is 297 g/mol. The quantitative estimate of drug-likeness (QED) is 0.943. The molecule has 0 atom stereocenters. The predicted molar refractivity (Wildman–Crippen MR) is 77.1 cm³/mol. The fourth-order valence-electron chi connectivity index (χ4n) is 1.71. The largest absolute Gasteiger partial charge is 0.305 e. The van der Waals surface area contributed by atoms with Gasteiger partial charge < -0.3 is 5.32 Å².